The maximum Gasteiger partial charge on any atom is 0.293 e. The number of rotatable bonds is 15. The number of hydrogen-bond donors (Lipinski definition) is 2. The lowest BCUT2D eigenvalue weighted by molar-refractivity contribution is 0.151. The SMILES string of the molecule is CCCOCCSCCN1CCN(c2ccc(Nc3nc(-c4cccc(-n5ccc6cc(C7CC7)cc(F)c6c5=O)c4CO)cn(C)c3=O)nc2)CC1. The van der Waals surface area contributed by atoms with Crippen molar-refractivity contribution >= 4 is 39.9 Å². The largest absolute Gasteiger partial charge is 0.392 e. The number of pyridine rings is 2. The minimum absolute atomic E-state index is 0.00734. The van der Waals surface area contributed by atoms with Gasteiger partial charge >= 0.3 is 0 Å². The van der Waals surface area contributed by atoms with Gasteiger partial charge in [0.1, 0.15) is 11.6 Å². The number of nitrogens with one attached hydrogen (secondary N) is 1. The van der Waals surface area contributed by atoms with Crippen molar-refractivity contribution in [2.45, 2.75) is 38.7 Å². The fraction of sp³-hybridized carbons (Fsp3) is 0.400. The predicted octanol–water partition coefficient (Wildman–Crippen LogP) is 5.68. The molecule has 13 heteroatoms. The molecule has 4 heterocycles. The van der Waals surface area contributed by atoms with Crippen LogP contribution < -0.4 is 21.3 Å². The Kier molecular flexibility index (Phi) is 11.5. The molecule has 0 atom stereocenters. The Hall–Kier alpha value is -4.56. The number of hydrogen-bond acceptors (Lipinski definition) is 10. The third-order valence-corrected chi connectivity index (χ3v) is 10.9. The van der Waals surface area contributed by atoms with Gasteiger partial charge in [-0.2, -0.15) is 11.8 Å². The van der Waals surface area contributed by atoms with E-state index in [4.69, 9.17) is 4.74 Å². The smallest absolute Gasteiger partial charge is 0.293 e. The molecule has 5 aromatic rings. The maximum atomic E-state index is 15.3. The second-order valence-electron chi connectivity index (χ2n) is 13.7. The molecular formula is C40H46FN7O4S. The Morgan fingerprint density at radius 2 is 1.85 bits per heavy atom. The molecule has 11 nitrogen and oxygen atoms in total. The third-order valence-electron chi connectivity index (χ3n) is 9.95. The summed E-state index contributed by atoms with van der Waals surface area (Å²) in [6.07, 6.45) is 8.13. The van der Waals surface area contributed by atoms with Crippen molar-refractivity contribution in [1.82, 2.24) is 24.0 Å². The van der Waals surface area contributed by atoms with Gasteiger partial charge in [0, 0.05) is 81.4 Å². The number of aryl methyl sites for hydroxylation is 1. The van der Waals surface area contributed by atoms with Crippen LogP contribution in [-0.4, -0.2) is 86.6 Å². The number of aliphatic hydroxyl groups is 1. The average Bonchev–Trinajstić information content (AvgIpc) is 4.03. The van der Waals surface area contributed by atoms with Crippen LogP contribution >= 0.6 is 11.8 Å². The zero-order chi connectivity index (χ0) is 36.9. The van der Waals surface area contributed by atoms with Crippen LogP contribution in [0.1, 0.15) is 43.2 Å². The molecule has 278 valence electrons. The molecule has 0 amide bonds. The number of fused-ring (bicyclic) bond motifs is 1. The fourth-order valence-electron chi connectivity index (χ4n) is 6.87. The van der Waals surface area contributed by atoms with Crippen molar-refractivity contribution in [3.8, 4) is 16.9 Å². The number of anilines is 3. The highest BCUT2D eigenvalue weighted by atomic mass is 32.2. The molecule has 0 unspecified atom stereocenters. The van der Waals surface area contributed by atoms with Crippen LogP contribution in [0.5, 0.6) is 0 Å². The molecule has 1 saturated carbocycles. The van der Waals surface area contributed by atoms with E-state index in [2.05, 4.69) is 32.0 Å². The molecule has 2 fully saturated rings. The number of piperazine rings is 1. The van der Waals surface area contributed by atoms with Crippen molar-refractivity contribution in [3.63, 3.8) is 0 Å². The van der Waals surface area contributed by atoms with E-state index in [1.807, 2.05) is 36.2 Å². The summed E-state index contributed by atoms with van der Waals surface area (Å²) in [7, 11) is 1.63. The number of thioether (sulfide) groups is 1. The number of aromatic nitrogens is 4. The Morgan fingerprint density at radius 3 is 2.58 bits per heavy atom. The number of nitrogens with zero attached hydrogens (tertiary/aromatic N) is 6. The minimum atomic E-state index is -0.546. The summed E-state index contributed by atoms with van der Waals surface area (Å²) in [4.78, 5) is 41.0. The van der Waals surface area contributed by atoms with Gasteiger partial charge in [0.05, 0.1) is 41.9 Å². The van der Waals surface area contributed by atoms with Crippen molar-refractivity contribution in [1.29, 1.82) is 0 Å². The highest BCUT2D eigenvalue weighted by molar-refractivity contribution is 7.99. The van der Waals surface area contributed by atoms with Crippen LogP contribution in [-0.2, 0) is 18.4 Å². The van der Waals surface area contributed by atoms with E-state index >= 15 is 4.39 Å². The van der Waals surface area contributed by atoms with E-state index in [1.54, 1.807) is 43.7 Å². The molecule has 1 aliphatic carbocycles. The first kappa shape index (κ1) is 36.8. The summed E-state index contributed by atoms with van der Waals surface area (Å²) >= 11 is 1.94. The van der Waals surface area contributed by atoms with Crippen LogP contribution in [0.2, 0.25) is 0 Å². The first-order chi connectivity index (χ1) is 25.8. The molecule has 1 aliphatic heterocycles. The quantitative estimate of drug-likeness (QED) is 0.130. The van der Waals surface area contributed by atoms with Crippen LogP contribution in [0.15, 0.2) is 76.7 Å². The van der Waals surface area contributed by atoms with E-state index in [-0.39, 0.29) is 16.8 Å². The zero-order valence-corrected chi connectivity index (χ0v) is 31.1. The Labute approximate surface area is 312 Å². The number of halogens is 1. The van der Waals surface area contributed by atoms with Gasteiger partial charge in [0.15, 0.2) is 5.82 Å². The molecule has 2 aromatic carbocycles. The fourth-order valence-corrected chi connectivity index (χ4v) is 7.70. The van der Waals surface area contributed by atoms with Crippen molar-refractivity contribution < 1.29 is 14.2 Å². The highest BCUT2D eigenvalue weighted by Crippen LogP contribution is 2.41. The van der Waals surface area contributed by atoms with E-state index < -0.39 is 18.0 Å². The first-order valence-corrected chi connectivity index (χ1v) is 19.5. The second-order valence-corrected chi connectivity index (χ2v) is 14.9. The normalized spacial score (nSPS) is 15.0. The van der Waals surface area contributed by atoms with Gasteiger partial charge in [0.25, 0.3) is 11.1 Å². The van der Waals surface area contributed by atoms with Crippen molar-refractivity contribution in [2.75, 3.05) is 67.7 Å². The molecule has 0 spiro atoms. The monoisotopic (exact) mass is 739 g/mol. The Morgan fingerprint density at radius 1 is 1.02 bits per heavy atom. The van der Waals surface area contributed by atoms with Gasteiger partial charge in [-0.15, -0.1) is 0 Å². The van der Waals surface area contributed by atoms with Gasteiger partial charge in [-0.25, -0.2) is 14.4 Å². The van der Waals surface area contributed by atoms with Gasteiger partial charge in [0.2, 0.25) is 0 Å². The molecule has 1 saturated heterocycles. The topological polar surface area (TPSA) is 118 Å². The predicted molar refractivity (Wildman–Crippen MR) is 210 cm³/mol. The molecule has 3 aromatic heterocycles. The first-order valence-electron chi connectivity index (χ1n) is 18.4. The number of benzene rings is 2. The van der Waals surface area contributed by atoms with Gasteiger partial charge < -0.3 is 24.6 Å². The van der Waals surface area contributed by atoms with E-state index in [9.17, 15) is 14.7 Å². The van der Waals surface area contributed by atoms with Gasteiger partial charge in [-0.3, -0.25) is 19.1 Å². The Balaban J connectivity index is 1.05. The second kappa shape index (κ2) is 16.6. The maximum absolute atomic E-state index is 15.3. The number of ether oxygens (including phenoxy) is 1. The van der Waals surface area contributed by atoms with Gasteiger partial charge in [-0.1, -0.05) is 25.1 Å². The van der Waals surface area contributed by atoms with E-state index in [1.165, 1.54) is 15.2 Å². The standard InChI is InChI=1S/C40H46FN7O4S/c1-3-18-52-19-21-53-20-17-46-13-15-47(16-14-46)30-9-10-36(42-24-30)44-38-40(51)45(2)25-34(43-38)31-5-4-6-35(32(31)26-49)48-12-11-28-22-29(27-7-8-27)23-33(41)37(28)39(48)50/h4-6,9-12,22-25,27,49H,3,7-8,13-21,26H2,1-2H3,(H,42,43,44). The van der Waals surface area contributed by atoms with E-state index in [0.29, 0.717) is 39.6 Å². The van der Waals surface area contributed by atoms with Crippen molar-refractivity contribution in [3.05, 3.63) is 105 Å². The summed E-state index contributed by atoms with van der Waals surface area (Å²) in [6, 6.07) is 14.2. The molecule has 2 aliphatic rings. The van der Waals surface area contributed by atoms with Crippen molar-refractivity contribution in [2.24, 2.45) is 7.05 Å². The molecule has 7 rings (SSSR count). The summed E-state index contributed by atoms with van der Waals surface area (Å²) in [5, 5.41) is 14.3. The summed E-state index contributed by atoms with van der Waals surface area (Å²) in [6.45, 7) is 8.24. The van der Waals surface area contributed by atoms with Crippen LogP contribution in [0.3, 0.4) is 0 Å². The summed E-state index contributed by atoms with van der Waals surface area (Å²) in [5.74, 6) is 2.48. The van der Waals surface area contributed by atoms with Crippen LogP contribution in [0, 0.1) is 5.82 Å². The summed E-state index contributed by atoms with van der Waals surface area (Å²) in [5.41, 5.74) is 2.83. The average molecular weight is 740 g/mol. The van der Waals surface area contributed by atoms with Crippen LogP contribution in [0.4, 0.5) is 21.7 Å². The zero-order valence-electron chi connectivity index (χ0n) is 30.3. The molecule has 53 heavy (non-hydrogen) atoms. The lowest BCUT2D eigenvalue weighted by Crippen LogP contribution is -2.47. The molecule has 0 bridgehead atoms. The summed E-state index contributed by atoms with van der Waals surface area (Å²) < 4.78 is 23.7. The Bertz CT molecular complexity index is 2180. The molecule has 2 N–H and O–H groups in total. The highest BCUT2D eigenvalue weighted by Gasteiger charge is 2.26. The van der Waals surface area contributed by atoms with E-state index in [0.717, 1.165) is 88.0 Å². The van der Waals surface area contributed by atoms with Crippen LogP contribution in [0.25, 0.3) is 27.7 Å². The lowest BCUT2D eigenvalue weighted by atomic mass is 10.0. The lowest BCUT2D eigenvalue weighted by Gasteiger charge is -2.35. The molecular weight excluding hydrogens is 694 g/mol. The van der Waals surface area contributed by atoms with Gasteiger partial charge in [-0.05, 0) is 66.5 Å². The minimum Gasteiger partial charge on any atom is -0.392 e. The number of aliphatic hydroxyl groups excluding tert-OH is 1. The molecule has 0 radical (unpaired) electrons. The third kappa shape index (κ3) is 8.33.